The van der Waals surface area contributed by atoms with Gasteiger partial charge in [-0.2, -0.15) is 0 Å². The van der Waals surface area contributed by atoms with E-state index in [0.717, 1.165) is 5.69 Å². The Balaban J connectivity index is 1.77. The molecule has 0 aromatic carbocycles. The van der Waals surface area contributed by atoms with E-state index in [-0.39, 0.29) is 12.0 Å². The third kappa shape index (κ3) is 2.78. The molecule has 3 heterocycles. The number of carbonyl (C=O) groups excluding carboxylic acids is 1. The van der Waals surface area contributed by atoms with E-state index in [1.54, 1.807) is 28.1 Å². The molecule has 0 aliphatic carbocycles. The first-order chi connectivity index (χ1) is 10.1. The lowest BCUT2D eigenvalue weighted by Crippen LogP contribution is -2.43. The fourth-order valence-corrected chi connectivity index (χ4v) is 2.33. The van der Waals surface area contributed by atoms with Crippen molar-refractivity contribution in [3.05, 3.63) is 42.0 Å². The lowest BCUT2D eigenvalue weighted by Gasteiger charge is -2.31. The van der Waals surface area contributed by atoms with Crippen molar-refractivity contribution in [3.8, 4) is 0 Å². The highest BCUT2D eigenvalue weighted by molar-refractivity contribution is 5.90. The summed E-state index contributed by atoms with van der Waals surface area (Å²) in [5.41, 5.74) is 0.885. The Morgan fingerprint density at radius 2 is 2.24 bits per heavy atom. The minimum Gasteiger partial charge on any atom is -0.367 e. The van der Waals surface area contributed by atoms with E-state index in [9.17, 15) is 4.79 Å². The quantitative estimate of drug-likeness (QED) is 0.814. The highest BCUT2D eigenvalue weighted by atomic mass is 16.5. The van der Waals surface area contributed by atoms with Gasteiger partial charge in [-0.05, 0) is 13.0 Å². The van der Waals surface area contributed by atoms with Crippen molar-refractivity contribution in [1.82, 2.24) is 24.4 Å². The summed E-state index contributed by atoms with van der Waals surface area (Å²) in [4.78, 5) is 26.9. The van der Waals surface area contributed by atoms with E-state index in [1.165, 1.54) is 0 Å². The molecule has 3 rings (SSSR count). The summed E-state index contributed by atoms with van der Waals surface area (Å²) in [7, 11) is 1.81. The SMILES string of the molecule is Cc1ccnc([C@@H]2CN(C(=O)c3nccn3C)CCO2)n1. The maximum Gasteiger partial charge on any atom is 0.290 e. The summed E-state index contributed by atoms with van der Waals surface area (Å²) in [6, 6.07) is 1.84. The second-order valence-electron chi connectivity index (χ2n) is 5.03. The third-order valence-corrected chi connectivity index (χ3v) is 3.47. The molecule has 0 radical (unpaired) electrons. The molecule has 2 aromatic rings. The predicted molar refractivity (Wildman–Crippen MR) is 74.6 cm³/mol. The van der Waals surface area contributed by atoms with Crippen LogP contribution in [0.15, 0.2) is 24.7 Å². The first kappa shape index (κ1) is 13.7. The molecule has 1 atom stereocenters. The van der Waals surface area contributed by atoms with Crippen molar-refractivity contribution in [2.45, 2.75) is 13.0 Å². The number of amides is 1. The second kappa shape index (κ2) is 5.61. The van der Waals surface area contributed by atoms with Crippen LogP contribution in [0, 0.1) is 6.92 Å². The summed E-state index contributed by atoms with van der Waals surface area (Å²) in [5.74, 6) is 0.955. The van der Waals surface area contributed by atoms with Crippen LogP contribution in [-0.4, -0.2) is 50.0 Å². The van der Waals surface area contributed by atoms with Crippen LogP contribution in [0.5, 0.6) is 0 Å². The third-order valence-electron chi connectivity index (χ3n) is 3.47. The van der Waals surface area contributed by atoms with Crippen LogP contribution in [0.1, 0.15) is 28.2 Å². The Kier molecular flexibility index (Phi) is 3.66. The number of hydrogen-bond acceptors (Lipinski definition) is 5. The molecule has 7 heteroatoms. The standard InChI is InChI=1S/C14H17N5O2/c1-10-3-4-15-12(17-10)11-9-19(7-8-21-11)14(20)13-16-5-6-18(13)2/h3-6,11H,7-9H2,1-2H3/t11-/m0/s1. The second-order valence-corrected chi connectivity index (χ2v) is 5.03. The van der Waals surface area contributed by atoms with Gasteiger partial charge in [-0.1, -0.05) is 0 Å². The maximum atomic E-state index is 12.5. The molecule has 0 N–H and O–H groups in total. The van der Waals surface area contributed by atoms with E-state index in [2.05, 4.69) is 15.0 Å². The summed E-state index contributed by atoms with van der Waals surface area (Å²) < 4.78 is 7.42. The molecule has 110 valence electrons. The Bertz CT molecular complexity index is 654. The Hall–Kier alpha value is -2.28. The van der Waals surface area contributed by atoms with Gasteiger partial charge in [0.1, 0.15) is 6.10 Å². The van der Waals surface area contributed by atoms with Crippen LogP contribution in [0.4, 0.5) is 0 Å². The summed E-state index contributed by atoms with van der Waals surface area (Å²) in [6.45, 7) is 3.37. The van der Waals surface area contributed by atoms with Crippen LogP contribution < -0.4 is 0 Å². The fraction of sp³-hybridized carbons (Fsp3) is 0.429. The van der Waals surface area contributed by atoms with Crippen molar-refractivity contribution >= 4 is 5.91 Å². The van der Waals surface area contributed by atoms with Crippen LogP contribution in [0.3, 0.4) is 0 Å². The van der Waals surface area contributed by atoms with Crippen molar-refractivity contribution in [2.24, 2.45) is 7.05 Å². The van der Waals surface area contributed by atoms with Gasteiger partial charge in [0.15, 0.2) is 11.6 Å². The fourth-order valence-electron chi connectivity index (χ4n) is 2.33. The highest BCUT2D eigenvalue weighted by Gasteiger charge is 2.29. The topological polar surface area (TPSA) is 73.1 Å². The van der Waals surface area contributed by atoms with Gasteiger partial charge in [0.05, 0.1) is 13.2 Å². The molecule has 1 fully saturated rings. The van der Waals surface area contributed by atoms with Crippen LogP contribution >= 0.6 is 0 Å². The van der Waals surface area contributed by atoms with Gasteiger partial charge < -0.3 is 14.2 Å². The van der Waals surface area contributed by atoms with Crippen molar-refractivity contribution in [2.75, 3.05) is 19.7 Å². The van der Waals surface area contributed by atoms with Gasteiger partial charge in [-0.3, -0.25) is 4.79 Å². The molecule has 0 saturated carbocycles. The number of hydrogen-bond donors (Lipinski definition) is 0. The molecule has 1 aliphatic heterocycles. The lowest BCUT2D eigenvalue weighted by atomic mass is 10.2. The molecular weight excluding hydrogens is 270 g/mol. The zero-order chi connectivity index (χ0) is 14.8. The summed E-state index contributed by atoms with van der Waals surface area (Å²) in [6.07, 6.45) is 4.80. The molecule has 2 aromatic heterocycles. The molecule has 7 nitrogen and oxygen atoms in total. The Labute approximate surface area is 122 Å². The zero-order valence-corrected chi connectivity index (χ0v) is 12.1. The Morgan fingerprint density at radius 1 is 1.38 bits per heavy atom. The van der Waals surface area contributed by atoms with Crippen molar-refractivity contribution in [1.29, 1.82) is 0 Å². The first-order valence-corrected chi connectivity index (χ1v) is 6.83. The summed E-state index contributed by atoms with van der Waals surface area (Å²) >= 11 is 0. The minimum absolute atomic E-state index is 0.0940. The number of aryl methyl sites for hydroxylation is 2. The van der Waals surface area contributed by atoms with Crippen LogP contribution in [-0.2, 0) is 11.8 Å². The molecular formula is C14H17N5O2. The van der Waals surface area contributed by atoms with Crippen molar-refractivity contribution in [3.63, 3.8) is 0 Å². The molecule has 0 bridgehead atoms. The van der Waals surface area contributed by atoms with Crippen LogP contribution in [0.25, 0.3) is 0 Å². The largest absolute Gasteiger partial charge is 0.367 e. The average Bonchev–Trinajstić information content (AvgIpc) is 2.93. The number of carbonyl (C=O) groups is 1. The summed E-state index contributed by atoms with van der Waals surface area (Å²) in [5, 5.41) is 0. The number of ether oxygens (including phenoxy) is 1. The van der Waals surface area contributed by atoms with E-state index >= 15 is 0 Å². The van der Waals surface area contributed by atoms with Crippen molar-refractivity contribution < 1.29 is 9.53 Å². The highest BCUT2D eigenvalue weighted by Crippen LogP contribution is 2.20. The van der Waals surface area contributed by atoms with E-state index in [0.29, 0.717) is 31.3 Å². The normalized spacial score (nSPS) is 18.8. The Morgan fingerprint density at radius 3 is 2.95 bits per heavy atom. The smallest absolute Gasteiger partial charge is 0.290 e. The van der Waals surface area contributed by atoms with Gasteiger partial charge >= 0.3 is 0 Å². The molecule has 0 unspecified atom stereocenters. The monoisotopic (exact) mass is 287 g/mol. The average molecular weight is 287 g/mol. The van der Waals surface area contributed by atoms with Gasteiger partial charge in [-0.25, -0.2) is 15.0 Å². The lowest BCUT2D eigenvalue weighted by molar-refractivity contribution is -0.0273. The zero-order valence-electron chi connectivity index (χ0n) is 12.1. The minimum atomic E-state index is -0.289. The van der Waals surface area contributed by atoms with E-state index < -0.39 is 0 Å². The number of rotatable bonds is 2. The molecule has 0 spiro atoms. The van der Waals surface area contributed by atoms with Gasteiger partial charge in [-0.15, -0.1) is 0 Å². The molecule has 21 heavy (non-hydrogen) atoms. The van der Waals surface area contributed by atoms with Crippen LogP contribution in [0.2, 0.25) is 0 Å². The first-order valence-electron chi connectivity index (χ1n) is 6.83. The number of morpholine rings is 1. The number of nitrogens with zero attached hydrogens (tertiary/aromatic N) is 5. The van der Waals surface area contributed by atoms with E-state index in [4.69, 9.17) is 4.74 Å². The molecule has 1 amide bonds. The van der Waals surface area contributed by atoms with Gasteiger partial charge in [0.25, 0.3) is 5.91 Å². The molecule has 1 saturated heterocycles. The number of aromatic nitrogens is 4. The number of imidazole rings is 1. The van der Waals surface area contributed by atoms with Gasteiger partial charge in [0.2, 0.25) is 0 Å². The van der Waals surface area contributed by atoms with Gasteiger partial charge in [0, 0.05) is 37.9 Å². The predicted octanol–water partition coefficient (Wildman–Crippen LogP) is 0.732. The molecule has 1 aliphatic rings. The maximum absolute atomic E-state index is 12.5. The van der Waals surface area contributed by atoms with E-state index in [1.807, 2.05) is 20.0 Å².